The van der Waals surface area contributed by atoms with Crippen molar-refractivity contribution in [2.75, 3.05) is 0 Å². The molecule has 1 N–H and O–H groups in total. The second kappa shape index (κ2) is 5.98. The van der Waals surface area contributed by atoms with Crippen molar-refractivity contribution in [1.29, 1.82) is 0 Å². The number of hydrogen-bond acceptors (Lipinski definition) is 3. The first kappa shape index (κ1) is 14.7. The van der Waals surface area contributed by atoms with Gasteiger partial charge in [0.15, 0.2) is 5.76 Å². The Morgan fingerprint density at radius 2 is 1.79 bits per heavy atom. The van der Waals surface area contributed by atoms with Gasteiger partial charge in [0, 0.05) is 5.39 Å². The molecule has 0 atom stereocenters. The summed E-state index contributed by atoms with van der Waals surface area (Å²) in [6, 6.07) is 20.3. The molecule has 0 amide bonds. The fourth-order valence-corrected chi connectivity index (χ4v) is 2.98. The van der Waals surface area contributed by atoms with Gasteiger partial charge in [-0.3, -0.25) is 4.68 Å². The molecule has 0 aliphatic rings. The third-order valence-corrected chi connectivity index (χ3v) is 4.23. The van der Waals surface area contributed by atoms with Crippen LogP contribution in [0.3, 0.4) is 0 Å². The molecule has 24 heavy (non-hydrogen) atoms. The lowest BCUT2D eigenvalue weighted by molar-refractivity contribution is 0.247. The minimum absolute atomic E-state index is 0.103. The molecule has 0 saturated heterocycles. The monoisotopic (exact) mass is 318 g/mol. The number of aryl methyl sites for hydroxylation is 1. The topological polar surface area (TPSA) is 51.2 Å². The molecule has 0 radical (unpaired) electrons. The van der Waals surface area contributed by atoms with Gasteiger partial charge >= 0.3 is 0 Å². The van der Waals surface area contributed by atoms with E-state index in [2.05, 4.69) is 24.3 Å². The molecule has 2 aromatic carbocycles. The molecule has 0 fully saturated rings. The normalized spacial score (nSPS) is 11.2. The minimum atomic E-state index is -0.103. The van der Waals surface area contributed by atoms with Crippen molar-refractivity contribution in [3.05, 3.63) is 77.6 Å². The smallest absolute Gasteiger partial charge is 0.155 e. The van der Waals surface area contributed by atoms with E-state index >= 15 is 0 Å². The summed E-state index contributed by atoms with van der Waals surface area (Å²) in [4.78, 5) is 0. The Morgan fingerprint density at radius 3 is 2.54 bits per heavy atom. The van der Waals surface area contributed by atoms with Crippen molar-refractivity contribution in [1.82, 2.24) is 9.78 Å². The van der Waals surface area contributed by atoms with Gasteiger partial charge in [0.05, 0.1) is 12.1 Å². The lowest BCUT2D eigenvalue weighted by Crippen LogP contribution is -2.01. The van der Waals surface area contributed by atoms with Gasteiger partial charge in [0.1, 0.15) is 18.1 Å². The highest BCUT2D eigenvalue weighted by atomic mass is 16.4. The van der Waals surface area contributed by atoms with E-state index < -0.39 is 0 Å². The van der Waals surface area contributed by atoms with Gasteiger partial charge in [-0.2, -0.15) is 5.10 Å². The van der Waals surface area contributed by atoms with Gasteiger partial charge in [-0.15, -0.1) is 0 Å². The summed E-state index contributed by atoms with van der Waals surface area (Å²) < 4.78 is 7.79. The summed E-state index contributed by atoms with van der Waals surface area (Å²) >= 11 is 0. The highest BCUT2D eigenvalue weighted by molar-refractivity contribution is 5.92. The first-order valence-corrected chi connectivity index (χ1v) is 7.96. The van der Waals surface area contributed by atoms with Crippen LogP contribution in [0.25, 0.3) is 22.4 Å². The van der Waals surface area contributed by atoms with Crippen molar-refractivity contribution in [3.8, 4) is 11.5 Å². The third kappa shape index (κ3) is 2.51. The van der Waals surface area contributed by atoms with Crippen LogP contribution in [-0.4, -0.2) is 14.9 Å². The number of furan rings is 1. The quantitative estimate of drug-likeness (QED) is 0.615. The molecule has 4 nitrogen and oxygen atoms in total. The van der Waals surface area contributed by atoms with Gasteiger partial charge in [-0.1, -0.05) is 48.5 Å². The van der Waals surface area contributed by atoms with E-state index in [9.17, 15) is 5.11 Å². The Bertz CT molecular complexity index is 983. The Balaban J connectivity index is 1.84. The summed E-state index contributed by atoms with van der Waals surface area (Å²) in [7, 11) is 0. The fourth-order valence-electron chi connectivity index (χ4n) is 2.98. The van der Waals surface area contributed by atoms with Crippen LogP contribution in [0.1, 0.15) is 16.9 Å². The van der Waals surface area contributed by atoms with E-state index in [1.165, 1.54) is 5.56 Å². The molecular formula is C20H18N2O2. The van der Waals surface area contributed by atoms with Crippen LogP contribution in [0.15, 0.2) is 65.1 Å². The average Bonchev–Trinajstić information content (AvgIpc) is 3.17. The second-order valence-electron chi connectivity index (χ2n) is 5.88. The number of rotatable bonds is 4. The first-order chi connectivity index (χ1) is 11.8. The number of hydrogen-bond donors (Lipinski definition) is 1. The zero-order chi connectivity index (χ0) is 16.5. The van der Waals surface area contributed by atoms with Crippen LogP contribution in [0, 0.1) is 6.92 Å². The highest BCUT2D eigenvalue weighted by Gasteiger charge is 2.17. The molecule has 0 saturated carbocycles. The Hall–Kier alpha value is -2.85. The lowest BCUT2D eigenvalue weighted by Gasteiger charge is -2.03. The van der Waals surface area contributed by atoms with E-state index in [4.69, 9.17) is 9.52 Å². The molecule has 4 aromatic rings. The number of aliphatic hydroxyl groups is 1. The SMILES string of the molecule is Cc1cc(-c2nn(Cc3ccccc3)c3ccccc23)oc1CO. The van der Waals surface area contributed by atoms with E-state index in [-0.39, 0.29) is 6.61 Å². The molecule has 120 valence electrons. The van der Waals surface area contributed by atoms with Gasteiger partial charge < -0.3 is 9.52 Å². The maximum Gasteiger partial charge on any atom is 0.155 e. The van der Waals surface area contributed by atoms with Gasteiger partial charge in [-0.05, 0) is 30.2 Å². The van der Waals surface area contributed by atoms with E-state index in [0.717, 1.165) is 22.2 Å². The number of benzene rings is 2. The van der Waals surface area contributed by atoms with Crippen LogP contribution in [-0.2, 0) is 13.2 Å². The minimum Gasteiger partial charge on any atom is -0.457 e. The van der Waals surface area contributed by atoms with Gasteiger partial charge in [0.25, 0.3) is 0 Å². The molecule has 2 aromatic heterocycles. The largest absolute Gasteiger partial charge is 0.457 e. The predicted molar refractivity (Wildman–Crippen MR) is 93.6 cm³/mol. The maximum atomic E-state index is 9.37. The fraction of sp³-hybridized carbons (Fsp3) is 0.150. The van der Waals surface area contributed by atoms with Crippen LogP contribution in [0.5, 0.6) is 0 Å². The summed E-state index contributed by atoms with van der Waals surface area (Å²) in [5, 5.41) is 15.2. The molecule has 0 spiro atoms. The third-order valence-electron chi connectivity index (χ3n) is 4.23. The number of nitrogens with zero attached hydrogens (tertiary/aromatic N) is 2. The molecule has 0 bridgehead atoms. The number of para-hydroxylation sites is 1. The molecular weight excluding hydrogens is 300 g/mol. The Kier molecular flexibility index (Phi) is 3.67. The van der Waals surface area contributed by atoms with Gasteiger partial charge in [0.2, 0.25) is 0 Å². The Morgan fingerprint density at radius 1 is 1.04 bits per heavy atom. The zero-order valence-corrected chi connectivity index (χ0v) is 13.4. The zero-order valence-electron chi connectivity index (χ0n) is 13.4. The Labute approximate surface area is 140 Å². The lowest BCUT2D eigenvalue weighted by atomic mass is 10.1. The molecule has 4 heteroatoms. The average molecular weight is 318 g/mol. The number of aliphatic hydroxyl groups excluding tert-OH is 1. The van der Waals surface area contributed by atoms with E-state index in [1.807, 2.05) is 48.0 Å². The van der Waals surface area contributed by atoms with Crippen LogP contribution < -0.4 is 0 Å². The molecule has 0 aliphatic carbocycles. The molecule has 0 aliphatic heterocycles. The van der Waals surface area contributed by atoms with Crippen LogP contribution in [0.4, 0.5) is 0 Å². The van der Waals surface area contributed by atoms with E-state index in [0.29, 0.717) is 18.1 Å². The summed E-state index contributed by atoms with van der Waals surface area (Å²) in [6.07, 6.45) is 0. The maximum absolute atomic E-state index is 9.37. The summed E-state index contributed by atoms with van der Waals surface area (Å²) in [5.74, 6) is 1.28. The highest BCUT2D eigenvalue weighted by Crippen LogP contribution is 2.31. The number of aromatic nitrogens is 2. The van der Waals surface area contributed by atoms with Crippen molar-refractivity contribution in [2.24, 2.45) is 0 Å². The molecule has 2 heterocycles. The first-order valence-electron chi connectivity index (χ1n) is 7.96. The van der Waals surface area contributed by atoms with Crippen molar-refractivity contribution in [2.45, 2.75) is 20.1 Å². The van der Waals surface area contributed by atoms with Crippen LogP contribution >= 0.6 is 0 Å². The van der Waals surface area contributed by atoms with Crippen LogP contribution in [0.2, 0.25) is 0 Å². The second-order valence-corrected chi connectivity index (χ2v) is 5.88. The standard InChI is InChI=1S/C20H18N2O2/c1-14-11-18(24-19(14)13-23)20-16-9-5-6-10-17(16)22(21-20)12-15-7-3-2-4-8-15/h2-11,23H,12-13H2,1H3. The molecule has 4 rings (SSSR count). The number of fused-ring (bicyclic) bond motifs is 1. The van der Waals surface area contributed by atoms with Crippen molar-refractivity contribution < 1.29 is 9.52 Å². The summed E-state index contributed by atoms with van der Waals surface area (Å²) in [6.45, 7) is 2.53. The van der Waals surface area contributed by atoms with Crippen molar-refractivity contribution in [3.63, 3.8) is 0 Å². The van der Waals surface area contributed by atoms with Gasteiger partial charge in [-0.25, -0.2) is 0 Å². The summed E-state index contributed by atoms with van der Waals surface area (Å²) in [5.41, 5.74) is 4.01. The predicted octanol–water partition coefficient (Wildman–Crippen LogP) is 4.15. The van der Waals surface area contributed by atoms with E-state index in [1.54, 1.807) is 0 Å². The van der Waals surface area contributed by atoms with Crippen molar-refractivity contribution >= 4 is 10.9 Å². The molecule has 0 unspecified atom stereocenters.